The van der Waals surface area contributed by atoms with E-state index in [0.29, 0.717) is 18.1 Å². The van der Waals surface area contributed by atoms with E-state index in [4.69, 9.17) is 4.74 Å². The lowest BCUT2D eigenvalue weighted by Crippen LogP contribution is -2.29. The second-order valence-electron chi connectivity index (χ2n) is 6.85. The number of hydrogen-bond acceptors (Lipinski definition) is 5. The van der Waals surface area contributed by atoms with Crippen LogP contribution >= 0.6 is 0 Å². The summed E-state index contributed by atoms with van der Waals surface area (Å²) in [6.45, 7) is 2.14. The lowest BCUT2D eigenvalue weighted by atomic mass is 9.76. The molecule has 0 unspecified atom stereocenters. The van der Waals surface area contributed by atoms with Gasteiger partial charge in [-0.1, -0.05) is 24.3 Å². The van der Waals surface area contributed by atoms with Gasteiger partial charge in [-0.05, 0) is 48.6 Å². The quantitative estimate of drug-likeness (QED) is 0.371. The summed E-state index contributed by atoms with van der Waals surface area (Å²) in [7, 11) is 0. The maximum atomic E-state index is 12.1. The van der Waals surface area contributed by atoms with Gasteiger partial charge in [0.25, 0.3) is 5.69 Å². The molecule has 0 bridgehead atoms. The highest BCUT2D eigenvalue weighted by molar-refractivity contribution is 5.90. The summed E-state index contributed by atoms with van der Waals surface area (Å²) in [5.41, 5.74) is 3.76. The molecule has 4 rings (SSSR count). The van der Waals surface area contributed by atoms with Crippen LogP contribution in [0.25, 0.3) is 0 Å². The first-order valence-electron chi connectivity index (χ1n) is 9.07. The lowest BCUT2D eigenvalue weighted by molar-refractivity contribution is -0.384. The third kappa shape index (κ3) is 3.07. The highest BCUT2D eigenvalue weighted by atomic mass is 16.6. The van der Waals surface area contributed by atoms with E-state index in [1.165, 1.54) is 0 Å². The van der Waals surface area contributed by atoms with E-state index in [1.54, 1.807) is 25.1 Å². The third-order valence-electron chi connectivity index (χ3n) is 5.34. The first-order valence-corrected chi connectivity index (χ1v) is 9.07. The molecule has 0 aromatic heterocycles. The molecule has 1 N–H and O–H groups in total. The SMILES string of the molecule is CCOC(=O)c1ccc2c(c1)[C@@H]1C=CC[C@H]1[C@H](c1ccc([N+](=O)[O-])cc1)N2. The van der Waals surface area contributed by atoms with E-state index >= 15 is 0 Å². The number of nitro groups is 1. The first kappa shape index (κ1) is 17.3. The van der Waals surface area contributed by atoms with Gasteiger partial charge in [0.15, 0.2) is 0 Å². The molecule has 0 radical (unpaired) electrons. The molecule has 0 saturated heterocycles. The number of anilines is 1. The Kier molecular flexibility index (Phi) is 4.39. The molecular weight excluding hydrogens is 344 g/mol. The summed E-state index contributed by atoms with van der Waals surface area (Å²) >= 11 is 0. The number of rotatable bonds is 4. The molecule has 3 atom stereocenters. The van der Waals surface area contributed by atoms with Crippen molar-refractivity contribution in [2.45, 2.75) is 25.3 Å². The average Bonchev–Trinajstić information content (AvgIpc) is 3.17. The van der Waals surface area contributed by atoms with Crippen LogP contribution in [0.15, 0.2) is 54.6 Å². The van der Waals surface area contributed by atoms with Crippen molar-refractivity contribution >= 4 is 17.3 Å². The van der Waals surface area contributed by atoms with Gasteiger partial charge in [0.1, 0.15) is 0 Å². The van der Waals surface area contributed by atoms with Crippen molar-refractivity contribution in [3.8, 4) is 0 Å². The number of ether oxygens (including phenoxy) is 1. The normalized spacial score (nSPS) is 22.5. The minimum atomic E-state index is -0.385. The zero-order valence-corrected chi connectivity index (χ0v) is 14.9. The fourth-order valence-electron chi connectivity index (χ4n) is 4.07. The van der Waals surface area contributed by atoms with Crippen LogP contribution in [0, 0.1) is 16.0 Å². The minimum absolute atomic E-state index is 0.0618. The molecule has 0 amide bonds. The molecule has 2 aliphatic rings. The Morgan fingerprint density at radius 3 is 2.74 bits per heavy atom. The van der Waals surface area contributed by atoms with E-state index in [-0.39, 0.29) is 28.5 Å². The van der Waals surface area contributed by atoms with Crippen LogP contribution in [0.4, 0.5) is 11.4 Å². The van der Waals surface area contributed by atoms with Crippen LogP contribution in [0.5, 0.6) is 0 Å². The van der Waals surface area contributed by atoms with Crippen LogP contribution in [0.1, 0.15) is 46.8 Å². The molecule has 27 heavy (non-hydrogen) atoms. The smallest absolute Gasteiger partial charge is 0.338 e. The Morgan fingerprint density at radius 2 is 2.04 bits per heavy atom. The second-order valence-corrected chi connectivity index (χ2v) is 6.85. The van der Waals surface area contributed by atoms with Gasteiger partial charge in [0.05, 0.1) is 23.1 Å². The van der Waals surface area contributed by atoms with E-state index in [9.17, 15) is 14.9 Å². The maximum absolute atomic E-state index is 12.1. The summed E-state index contributed by atoms with van der Waals surface area (Å²) in [6.07, 6.45) is 5.28. The van der Waals surface area contributed by atoms with Gasteiger partial charge in [-0.15, -0.1) is 0 Å². The van der Waals surface area contributed by atoms with Crippen LogP contribution in [0.3, 0.4) is 0 Å². The van der Waals surface area contributed by atoms with Crippen molar-refractivity contribution in [3.63, 3.8) is 0 Å². The second kappa shape index (κ2) is 6.87. The van der Waals surface area contributed by atoms with Gasteiger partial charge in [0.2, 0.25) is 0 Å². The topological polar surface area (TPSA) is 81.5 Å². The van der Waals surface area contributed by atoms with Crippen LogP contribution in [-0.2, 0) is 4.74 Å². The molecule has 2 aromatic rings. The van der Waals surface area contributed by atoms with E-state index in [2.05, 4.69) is 17.5 Å². The van der Waals surface area contributed by atoms with Gasteiger partial charge in [-0.25, -0.2) is 4.79 Å². The Morgan fingerprint density at radius 1 is 1.26 bits per heavy atom. The number of allylic oxidation sites excluding steroid dienone is 2. The van der Waals surface area contributed by atoms with Gasteiger partial charge in [-0.2, -0.15) is 0 Å². The van der Waals surface area contributed by atoms with Gasteiger partial charge in [-0.3, -0.25) is 10.1 Å². The Labute approximate surface area is 157 Å². The Hall–Kier alpha value is -3.15. The Bertz CT molecular complexity index is 920. The van der Waals surface area contributed by atoms with Crippen molar-refractivity contribution < 1.29 is 14.5 Å². The van der Waals surface area contributed by atoms with Gasteiger partial charge >= 0.3 is 5.97 Å². The minimum Gasteiger partial charge on any atom is -0.462 e. The van der Waals surface area contributed by atoms with E-state index < -0.39 is 0 Å². The third-order valence-corrected chi connectivity index (χ3v) is 5.34. The van der Waals surface area contributed by atoms with Gasteiger partial charge in [0, 0.05) is 23.7 Å². The molecule has 138 valence electrons. The number of fused-ring (bicyclic) bond motifs is 3. The zero-order chi connectivity index (χ0) is 19.0. The molecule has 1 heterocycles. The molecule has 1 aliphatic heterocycles. The van der Waals surface area contributed by atoms with Crippen molar-refractivity contribution in [1.29, 1.82) is 0 Å². The summed E-state index contributed by atoms with van der Waals surface area (Å²) < 4.78 is 5.12. The maximum Gasteiger partial charge on any atom is 0.338 e. The number of nitrogens with one attached hydrogen (secondary N) is 1. The number of non-ortho nitro benzene ring substituents is 1. The molecule has 0 fully saturated rings. The number of nitro benzene ring substituents is 1. The number of benzene rings is 2. The molecular formula is C21H20N2O4. The monoisotopic (exact) mass is 364 g/mol. The number of carbonyl (C=O) groups is 1. The number of hydrogen-bond donors (Lipinski definition) is 1. The zero-order valence-electron chi connectivity index (χ0n) is 14.9. The van der Waals surface area contributed by atoms with Crippen LogP contribution in [-0.4, -0.2) is 17.5 Å². The summed E-state index contributed by atoms with van der Waals surface area (Å²) in [6, 6.07) is 12.4. The summed E-state index contributed by atoms with van der Waals surface area (Å²) in [5, 5.41) is 14.5. The number of nitrogens with zero attached hydrogens (tertiary/aromatic N) is 1. The lowest BCUT2D eigenvalue weighted by Gasteiger charge is -2.37. The number of carbonyl (C=O) groups excluding carboxylic acids is 1. The van der Waals surface area contributed by atoms with Crippen molar-refractivity contribution in [2.75, 3.05) is 11.9 Å². The van der Waals surface area contributed by atoms with Crippen molar-refractivity contribution in [1.82, 2.24) is 0 Å². The van der Waals surface area contributed by atoms with Crippen molar-refractivity contribution in [2.24, 2.45) is 5.92 Å². The first-order chi connectivity index (χ1) is 13.1. The average molecular weight is 364 g/mol. The van der Waals surface area contributed by atoms with Crippen LogP contribution in [0.2, 0.25) is 0 Å². The highest BCUT2D eigenvalue weighted by Gasteiger charge is 2.38. The fourth-order valence-corrected chi connectivity index (χ4v) is 4.07. The van der Waals surface area contributed by atoms with Crippen molar-refractivity contribution in [3.05, 3.63) is 81.4 Å². The predicted octanol–water partition coefficient (Wildman–Crippen LogP) is 4.60. The molecule has 6 heteroatoms. The number of esters is 1. The molecule has 6 nitrogen and oxygen atoms in total. The van der Waals surface area contributed by atoms with E-state index in [1.807, 2.05) is 24.3 Å². The molecule has 0 spiro atoms. The molecule has 0 saturated carbocycles. The highest BCUT2D eigenvalue weighted by Crippen LogP contribution is 2.50. The summed E-state index contributed by atoms with van der Waals surface area (Å²) in [4.78, 5) is 22.6. The van der Waals surface area contributed by atoms with E-state index in [0.717, 1.165) is 23.2 Å². The molecule has 1 aliphatic carbocycles. The van der Waals surface area contributed by atoms with Gasteiger partial charge < -0.3 is 10.1 Å². The predicted molar refractivity (Wildman–Crippen MR) is 102 cm³/mol. The standard InChI is InChI=1S/C21H20N2O4/c1-2-27-21(24)14-8-11-19-18(12-14)16-4-3-5-17(16)20(22-19)13-6-9-15(10-7-13)23(25)26/h3-4,6-12,16-17,20,22H,2,5H2,1H3/t16-,17-,20+/m1/s1. The fraction of sp³-hybridized carbons (Fsp3) is 0.286. The largest absolute Gasteiger partial charge is 0.462 e. The molecule has 2 aromatic carbocycles. The van der Waals surface area contributed by atoms with Crippen LogP contribution < -0.4 is 5.32 Å². The Balaban J connectivity index is 1.68. The summed E-state index contributed by atoms with van der Waals surface area (Å²) in [5.74, 6) is 0.198.